The van der Waals surface area contributed by atoms with Crippen molar-refractivity contribution < 1.29 is 14.2 Å². The third-order valence-electron chi connectivity index (χ3n) is 2.73. The van der Waals surface area contributed by atoms with Gasteiger partial charge in [0.15, 0.2) is 0 Å². The third-order valence-corrected chi connectivity index (χ3v) is 2.73. The van der Waals surface area contributed by atoms with Crippen LogP contribution in [0.5, 0.6) is 5.75 Å². The predicted molar refractivity (Wildman–Crippen MR) is 72.7 cm³/mol. The minimum Gasteiger partial charge on any atom is -0.491 e. The molecule has 0 heterocycles. The van der Waals surface area contributed by atoms with Gasteiger partial charge in [-0.2, -0.15) is 0 Å². The zero-order chi connectivity index (χ0) is 13.8. The van der Waals surface area contributed by atoms with E-state index in [1.807, 2.05) is 32.0 Å². The Hall–Kier alpha value is -1.87. The fourth-order valence-electron chi connectivity index (χ4n) is 1.87. The van der Waals surface area contributed by atoms with E-state index >= 15 is 0 Å². The highest BCUT2D eigenvalue weighted by Crippen LogP contribution is 2.25. The Morgan fingerprint density at radius 3 is 2.32 bits per heavy atom. The highest BCUT2D eigenvalue weighted by atomic mass is 19.1. The minimum atomic E-state index is -0.781. The highest BCUT2D eigenvalue weighted by Gasteiger charge is 2.11. The summed E-state index contributed by atoms with van der Waals surface area (Å²) in [5, 5.41) is 10.3. The van der Waals surface area contributed by atoms with Crippen LogP contribution in [0.15, 0.2) is 48.5 Å². The normalized spacial score (nSPS) is 12.5. The summed E-state index contributed by atoms with van der Waals surface area (Å²) >= 11 is 0. The van der Waals surface area contributed by atoms with Crippen molar-refractivity contribution in [3.05, 3.63) is 65.5 Å². The molecule has 1 unspecified atom stereocenters. The monoisotopic (exact) mass is 260 g/mol. The van der Waals surface area contributed by atoms with Crippen LogP contribution in [0.2, 0.25) is 0 Å². The average molecular weight is 260 g/mol. The molecule has 100 valence electrons. The molecule has 1 atom stereocenters. The maximum absolute atomic E-state index is 12.9. The van der Waals surface area contributed by atoms with Crippen LogP contribution >= 0.6 is 0 Å². The van der Waals surface area contributed by atoms with Crippen molar-refractivity contribution in [2.45, 2.75) is 26.1 Å². The van der Waals surface area contributed by atoms with Crippen LogP contribution in [0.1, 0.15) is 31.1 Å². The lowest BCUT2D eigenvalue weighted by molar-refractivity contribution is 0.216. The first-order valence-electron chi connectivity index (χ1n) is 6.26. The van der Waals surface area contributed by atoms with Crippen molar-refractivity contribution >= 4 is 0 Å². The number of halogens is 1. The van der Waals surface area contributed by atoms with Crippen molar-refractivity contribution in [2.75, 3.05) is 0 Å². The van der Waals surface area contributed by atoms with Crippen LogP contribution < -0.4 is 4.74 Å². The van der Waals surface area contributed by atoms with Crippen LogP contribution in [0.3, 0.4) is 0 Å². The number of hydrogen-bond acceptors (Lipinski definition) is 2. The molecule has 0 fully saturated rings. The molecular weight excluding hydrogens is 243 g/mol. The second kappa shape index (κ2) is 5.85. The van der Waals surface area contributed by atoms with Crippen molar-refractivity contribution in [1.29, 1.82) is 0 Å². The SMILES string of the molecule is CC(C)Oc1cccc(C(O)c2ccc(F)cc2)c1. The Balaban J connectivity index is 2.23. The van der Waals surface area contributed by atoms with Crippen LogP contribution in [-0.4, -0.2) is 11.2 Å². The Labute approximate surface area is 112 Å². The molecule has 2 aromatic carbocycles. The molecule has 2 nitrogen and oxygen atoms in total. The number of benzene rings is 2. The molecule has 0 spiro atoms. The van der Waals surface area contributed by atoms with E-state index in [9.17, 15) is 9.50 Å². The van der Waals surface area contributed by atoms with Crippen LogP contribution in [0, 0.1) is 5.82 Å². The van der Waals surface area contributed by atoms with Gasteiger partial charge >= 0.3 is 0 Å². The molecule has 0 aliphatic heterocycles. The molecule has 0 saturated heterocycles. The summed E-state index contributed by atoms with van der Waals surface area (Å²) in [6.07, 6.45) is -0.700. The Bertz CT molecular complexity index is 535. The van der Waals surface area contributed by atoms with E-state index in [2.05, 4.69) is 0 Å². The first kappa shape index (κ1) is 13.6. The highest BCUT2D eigenvalue weighted by molar-refractivity contribution is 5.35. The molecule has 2 aromatic rings. The van der Waals surface area contributed by atoms with E-state index in [0.29, 0.717) is 11.3 Å². The summed E-state index contributed by atoms with van der Waals surface area (Å²) in [7, 11) is 0. The number of rotatable bonds is 4. The molecule has 0 aromatic heterocycles. The number of aliphatic hydroxyl groups excluding tert-OH is 1. The molecule has 0 amide bonds. The third kappa shape index (κ3) is 3.55. The molecule has 0 saturated carbocycles. The van der Waals surface area contributed by atoms with E-state index in [-0.39, 0.29) is 11.9 Å². The number of aliphatic hydroxyl groups is 1. The van der Waals surface area contributed by atoms with Gasteiger partial charge in [-0.1, -0.05) is 24.3 Å². The minimum absolute atomic E-state index is 0.0817. The van der Waals surface area contributed by atoms with Crippen molar-refractivity contribution in [2.24, 2.45) is 0 Å². The summed E-state index contributed by atoms with van der Waals surface area (Å²) < 4.78 is 18.4. The zero-order valence-electron chi connectivity index (χ0n) is 11.0. The van der Waals surface area contributed by atoms with Gasteiger partial charge in [0.1, 0.15) is 17.7 Å². The van der Waals surface area contributed by atoms with Gasteiger partial charge in [0.2, 0.25) is 0 Å². The standard InChI is InChI=1S/C16H17FO2/c1-11(2)19-15-5-3-4-13(10-15)16(18)12-6-8-14(17)9-7-12/h3-11,16,18H,1-2H3. The van der Waals surface area contributed by atoms with E-state index in [1.165, 1.54) is 12.1 Å². The predicted octanol–water partition coefficient (Wildman–Crippen LogP) is 3.69. The van der Waals surface area contributed by atoms with E-state index in [0.717, 1.165) is 5.56 Å². The fraction of sp³-hybridized carbons (Fsp3) is 0.250. The Morgan fingerprint density at radius 1 is 1.00 bits per heavy atom. The van der Waals surface area contributed by atoms with E-state index < -0.39 is 6.10 Å². The smallest absolute Gasteiger partial charge is 0.123 e. The molecule has 1 N–H and O–H groups in total. The lowest BCUT2D eigenvalue weighted by Crippen LogP contribution is -2.06. The lowest BCUT2D eigenvalue weighted by atomic mass is 10.0. The average Bonchev–Trinajstić information content (AvgIpc) is 2.38. The fourth-order valence-corrected chi connectivity index (χ4v) is 1.87. The summed E-state index contributed by atoms with van der Waals surface area (Å²) in [6, 6.07) is 13.1. The molecule has 2 rings (SSSR count). The topological polar surface area (TPSA) is 29.5 Å². The second-order valence-electron chi connectivity index (χ2n) is 4.69. The maximum atomic E-state index is 12.9. The van der Waals surface area contributed by atoms with Gasteiger partial charge in [0.05, 0.1) is 6.10 Å². The molecule has 0 radical (unpaired) electrons. The van der Waals surface area contributed by atoms with Gasteiger partial charge in [-0.3, -0.25) is 0 Å². The lowest BCUT2D eigenvalue weighted by Gasteiger charge is -2.14. The first-order valence-corrected chi connectivity index (χ1v) is 6.26. The molecule has 0 aliphatic carbocycles. The number of ether oxygens (including phenoxy) is 1. The van der Waals surface area contributed by atoms with Crippen LogP contribution in [-0.2, 0) is 0 Å². The van der Waals surface area contributed by atoms with Crippen molar-refractivity contribution in [3.8, 4) is 5.75 Å². The summed E-state index contributed by atoms with van der Waals surface area (Å²) in [5.74, 6) is 0.404. The van der Waals surface area contributed by atoms with Gasteiger partial charge in [0.25, 0.3) is 0 Å². The maximum Gasteiger partial charge on any atom is 0.123 e. The van der Waals surface area contributed by atoms with Crippen molar-refractivity contribution in [3.63, 3.8) is 0 Å². The summed E-state index contributed by atoms with van der Waals surface area (Å²) in [6.45, 7) is 3.89. The van der Waals surface area contributed by atoms with Gasteiger partial charge in [0, 0.05) is 0 Å². The first-order chi connectivity index (χ1) is 9.06. The molecule has 0 aliphatic rings. The van der Waals surface area contributed by atoms with Crippen LogP contribution in [0.4, 0.5) is 4.39 Å². The van der Waals surface area contributed by atoms with Gasteiger partial charge in [-0.15, -0.1) is 0 Å². The van der Waals surface area contributed by atoms with E-state index in [4.69, 9.17) is 4.74 Å². The van der Waals surface area contributed by atoms with Gasteiger partial charge in [-0.05, 0) is 49.2 Å². The zero-order valence-corrected chi connectivity index (χ0v) is 11.0. The molecule has 19 heavy (non-hydrogen) atoms. The van der Waals surface area contributed by atoms with E-state index in [1.54, 1.807) is 18.2 Å². The van der Waals surface area contributed by atoms with Gasteiger partial charge < -0.3 is 9.84 Å². The van der Waals surface area contributed by atoms with Crippen molar-refractivity contribution in [1.82, 2.24) is 0 Å². The second-order valence-corrected chi connectivity index (χ2v) is 4.69. The molecule has 0 bridgehead atoms. The summed E-state index contributed by atoms with van der Waals surface area (Å²) in [4.78, 5) is 0. The van der Waals surface area contributed by atoms with Crippen LogP contribution in [0.25, 0.3) is 0 Å². The Kier molecular flexibility index (Phi) is 4.17. The largest absolute Gasteiger partial charge is 0.491 e. The van der Waals surface area contributed by atoms with Gasteiger partial charge in [-0.25, -0.2) is 4.39 Å². The number of hydrogen-bond donors (Lipinski definition) is 1. The summed E-state index contributed by atoms with van der Waals surface area (Å²) in [5.41, 5.74) is 1.38. The molecule has 3 heteroatoms. The molecular formula is C16H17FO2. The quantitative estimate of drug-likeness (QED) is 0.908. The Morgan fingerprint density at radius 2 is 1.68 bits per heavy atom.